The van der Waals surface area contributed by atoms with E-state index < -0.39 is 32.6 Å². The molecule has 0 saturated carbocycles. The fourth-order valence-electron chi connectivity index (χ4n) is 1.54. The molecule has 0 radical (unpaired) electrons. The van der Waals surface area contributed by atoms with Crippen molar-refractivity contribution in [2.45, 2.75) is 18.0 Å². The highest BCUT2D eigenvalue weighted by Gasteiger charge is 2.27. The topological polar surface area (TPSA) is 112 Å². The van der Waals surface area contributed by atoms with Gasteiger partial charge in [-0.05, 0) is 19.1 Å². The normalized spacial score (nSPS) is 13.3. The summed E-state index contributed by atoms with van der Waals surface area (Å²) in [4.78, 5) is 11.6. The Morgan fingerprint density at radius 2 is 2.25 bits per heavy atom. The average molecular weight is 336 g/mol. The molecule has 0 spiro atoms. The van der Waals surface area contributed by atoms with E-state index in [1.54, 1.807) is 19.1 Å². The Balaban J connectivity index is 2.27. The molecular weight excluding hydrogens is 326 g/mol. The van der Waals surface area contributed by atoms with Crippen LogP contribution in [-0.2, 0) is 10.0 Å². The third kappa shape index (κ3) is 3.01. The van der Waals surface area contributed by atoms with E-state index >= 15 is 0 Å². The van der Waals surface area contributed by atoms with Crippen LogP contribution in [-0.4, -0.2) is 29.7 Å². The molecule has 0 fully saturated rings. The number of carbonyl (C=O) groups is 1. The third-order valence-corrected chi connectivity index (χ3v) is 5.38. The molecule has 2 aromatic heterocycles. The summed E-state index contributed by atoms with van der Waals surface area (Å²) in [6.07, 6.45) is 0.948. The summed E-state index contributed by atoms with van der Waals surface area (Å²) in [7, 11) is -4.02. The zero-order valence-electron chi connectivity index (χ0n) is 10.1. The molecule has 10 heteroatoms. The fourth-order valence-corrected chi connectivity index (χ4v) is 3.99. The Morgan fingerprint density at radius 3 is 2.80 bits per heavy atom. The number of aromatic nitrogens is 2. The van der Waals surface area contributed by atoms with Gasteiger partial charge in [0.2, 0.25) is 0 Å². The fraction of sp³-hybridized carbons (Fsp3) is 0.200. The van der Waals surface area contributed by atoms with Crippen LogP contribution >= 0.6 is 22.9 Å². The smallest absolute Gasteiger partial charge is 0.340 e. The Kier molecular flexibility index (Phi) is 4.14. The lowest BCUT2D eigenvalue weighted by molar-refractivity contribution is 0.0692. The van der Waals surface area contributed by atoms with Crippen LogP contribution in [0, 0.1) is 0 Å². The minimum atomic E-state index is -4.02. The quantitative estimate of drug-likeness (QED) is 0.772. The third-order valence-electron chi connectivity index (χ3n) is 2.46. The van der Waals surface area contributed by atoms with Crippen LogP contribution in [0.3, 0.4) is 0 Å². The first kappa shape index (κ1) is 15.0. The Labute approximate surface area is 123 Å². The second-order valence-corrected chi connectivity index (χ2v) is 7.30. The van der Waals surface area contributed by atoms with Gasteiger partial charge in [0.25, 0.3) is 10.0 Å². The number of carboxylic acids is 1. The average Bonchev–Trinajstić information content (AvgIpc) is 2.96. The van der Waals surface area contributed by atoms with E-state index in [1.165, 1.54) is 11.3 Å². The molecule has 1 unspecified atom stereocenters. The molecule has 0 saturated heterocycles. The van der Waals surface area contributed by atoms with E-state index in [0.29, 0.717) is 4.34 Å². The molecule has 7 nitrogen and oxygen atoms in total. The van der Waals surface area contributed by atoms with Crippen molar-refractivity contribution in [2.75, 3.05) is 0 Å². The predicted molar refractivity (Wildman–Crippen MR) is 73.6 cm³/mol. The number of nitrogens with one attached hydrogen (secondary N) is 2. The number of rotatable bonds is 5. The molecule has 0 aliphatic heterocycles. The summed E-state index contributed by atoms with van der Waals surface area (Å²) in [5, 5.41) is 14.1. The molecule has 2 aromatic rings. The Morgan fingerprint density at radius 1 is 1.55 bits per heavy atom. The molecule has 2 rings (SSSR count). The van der Waals surface area contributed by atoms with Gasteiger partial charge >= 0.3 is 5.97 Å². The van der Waals surface area contributed by atoms with Gasteiger partial charge in [-0.2, -0.15) is 5.10 Å². The van der Waals surface area contributed by atoms with Gasteiger partial charge in [-0.25, -0.2) is 17.9 Å². The predicted octanol–water partition coefficient (Wildman–Crippen LogP) is 1.86. The van der Waals surface area contributed by atoms with Gasteiger partial charge in [0.15, 0.2) is 5.03 Å². The van der Waals surface area contributed by atoms with Gasteiger partial charge < -0.3 is 5.11 Å². The van der Waals surface area contributed by atoms with Crippen LogP contribution in [0.5, 0.6) is 0 Å². The first-order chi connectivity index (χ1) is 9.31. The van der Waals surface area contributed by atoms with Crippen molar-refractivity contribution in [3.05, 3.63) is 33.1 Å². The van der Waals surface area contributed by atoms with Crippen molar-refractivity contribution < 1.29 is 18.3 Å². The number of aromatic carboxylic acids is 1. The van der Waals surface area contributed by atoms with E-state index in [-0.39, 0.29) is 0 Å². The van der Waals surface area contributed by atoms with Crippen LogP contribution in [0.4, 0.5) is 0 Å². The van der Waals surface area contributed by atoms with Crippen LogP contribution in [0.1, 0.15) is 28.2 Å². The maximum Gasteiger partial charge on any atom is 0.340 e. The monoisotopic (exact) mass is 335 g/mol. The van der Waals surface area contributed by atoms with Crippen molar-refractivity contribution in [2.24, 2.45) is 0 Å². The van der Waals surface area contributed by atoms with Crippen molar-refractivity contribution in [1.29, 1.82) is 0 Å². The number of hydrogen-bond acceptors (Lipinski definition) is 5. The van der Waals surface area contributed by atoms with Crippen molar-refractivity contribution in [3.63, 3.8) is 0 Å². The number of H-pyrrole nitrogens is 1. The van der Waals surface area contributed by atoms with Crippen molar-refractivity contribution >= 4 is 38.9 Å². The molecule has 0 amide bonds. The minimum absolute atomic E-state index is 0.408. The minimum Gasteiger partial charge on any atom is -0.478 e. The van der Waals surface area contributed by atoms with Crippen molar-refractivity contribution in [1.82, 2.24) is 14.9 Å². The van der Waals surface area contributed by atoms with Crippen LogP contribution < -0.4 is 4.72 Å². The summed E-state index contributed by atoms with van der Waals surface area (Å²) < 4.78 is 27.2. The molecule has 1 atom stereocenters. The van der Waals surface area contributed by atoms with Crippen LogP contribution in [0.25, 0.3) is 0 Å². The lowest BCUT2D eigenvalue weighted by Gasteiger charge is -2.11. The Hall–Kier alpha value is -1.42. The summed E-state index contributed by atoms with van der Waals surface area (Å²) in [5.74, 6) is -1.37. The van der Waals surface area contributed by atoms with Gasteiger partial charge in [-0.15, -0.1) is 11.3 Å². The molecule has 108 valence electrons. The highest BCUT2D eigenvalue weighted by Crippen LogP contribution is 2.27. The molecule has 3 N–H and O–H groups in total. The van der Waals surface area contributed by atoms with E-state index in [9.17, 15) is 13.2 Å². The number of thiophene rings is 1. The second-order valence-electron chi connectivity index (χ2n) is 3.90. The summed E-state index contributed by atoms with van der Waals surface area (Å²) in [5.41, 5.74) is -0.408. The van der Waals surface area contributed by atoms with E-state index in [1.807, 2.05) is 0 Å². The van der Waals surface area contributed by atoms with Crippen LogP contribution in [0.2, 0.25) is 4.34 Å². The maximum atomic E-state index is 12.1. The highest BCUT2D eigenvalue weighted by molar-refractivity contribution is 7.89. The summed E-state index contributed by atoms with van der Waals surface area (Å²) >= 11 is 7.03. The number of nitrogens with zero attached hydrogens (tertiary/aromatic N) is 1. The maximum absolute atomic E-state index is 12.1. The standard InChI is InChI=1S/C10H10ClN3O4S2/c1-5(7-2-3-8(11)19-7)14-20(17,18)9-6(10(15)16)4-12-13-9/h2-5,14H,1H3,(H,12,13)(H,15,16). The van der Waals surface area contributed by atoms with E-state index in [2.05, 4.69) is 14.9 Å². The van der Waals surface area contributed by atoms with Gasteiger partial charge in [-0.3, -0.25) is 5.10 Å². The van der Waals surface area contributed by atoms with Gasteiger partial charge in [0.1, 0.15) is 5.56 Å². The van der Waals surface area contributed by atoms with Gasteiger partial charge in [0.05, 0.1) is 16.6 Å². The van der Waals surface area contributed by atoms with E-state index in [0.717, 1.165) is 11.1 Å². The summed E-state index contributed by atoms with van der Waals surface area (Å²) in [6, 6.07) is 2.82. The molecule has 20 heavy (non-hydrogen) atoms. The molecule has 0 aliphatic carbocycles. The van der Waals surface area contributed by atoms with Gasteiger partial charge in [0, 0.05) is 4.88 Å². The molecule has 0 bridgehead atoms. The zero-order valence-corrected chi connectivity index (χ0v) is 12.5. The number of sulfonamides is 1. The number of aromatic amines is 1. The number of hydrogen-bond donors (Lipinski definition) is 3. The number of halogens is 1. The lowest BCUT2D eigenvalue weighted by atomic mass is 10.3. The van der Waals surface area contributed by atoms with E-state index in [4.69, 9.17) is 16.7 Å². The summed E-state index contributed by atoms with van der Waals surface area (Å²) in [6.45, 7) is 1.64. The number of carboxylic acid groups (broad SMARTS) is 1. The molecule has 2 heterocycles. The molecule has 0 aromatic carbocycles. The molecular formula is C10H10ClN3O4S2. The van der Waals surface area contributed by atoms with Crippen LogP contribution in [0.15, 0.2) is 23.4 Å². The van der Waals surface area contributed by atoms with Crippen molar-refractivity contribution in [3.8, 4) is 0 Å². The zero-order chi connectivity index (χ0) is 14.9. The highest BCUT2D eigenvalue weighted by atomic mass is 35.5. The van der Waals surface area contributed by atoms with Gasteiger partial charge in [-0.1, -0.05) is 11.6 Å². The largest absolute Gasteiger partial charge is 0.478 e. The first-order valence-electron chi connectivity index (χ1n) is 5.35. The molecule has 0 aliphatic rings. The SMILES string of the molecule is CC(NS(=O)(=O)c1[nH]ncc1C(=O)O)c1ccc(Cl)s1. The Bertz CT molecular complexity index is 737. The second kappa shape index (κ2) is 5.52. The lowest BCUT2D eigenvalue weighted by Crippen LogP contribution is -2.28. The first-order valence-corrected chi connectivity index (χ1v) is 8.03.